The molecule has 0 unspecified atom stereocenters. The zero-order valence-electron chi connectivity index (χ0n) is 11.5. The fraction of sp³-hybridized carbons (Fsp3) is 0.250. The second-order valence-electron chi connectivity index (χ2n) is 4.15. The van der Waals surface area contributed by atoms with E-state index in [0.717, 1.165) is 29.1 Å². The van der Waals surface area contributed by atoms with Crippen molar-refractivity contribution in [3.63, 3.8) is 0 Å². The molecule has 1 aromatic rings. The minimum Gasteiger partial charge on any atom is -0.398 e. The van der Waals surface area contributed by atoms with E-state index in [1.165, 1.54) is 5.56 Å². The lowest BCUT2D eigenvalue weighted by molar-refractivity contribution is 0.873. The van der Waals surface area contributed by atoms with Crippen LogP contribution in [0.1, 0.15) is 25.0 Å². The van der Waals surface area contributed by atoms with E-state index >= 15 is 0 Å². The molecule has 0 saturated carbocycles. The van der Waals surface area contributed by atoms with Crippen LogP contribution in [-0.2, 0) is 0 Å². The predicted octanol–water partition coefficient (Wildman–Crippen LogP) is 3.36. The lowest BCUT2D eigenvalue weighted by Crippen LogP contribution is -2.15. The maximum Gasteiger partial charge on any atom is 0.0484 e. The molecule has 0 fully saturated rings. The van der Waals surface area contributed by atoms with Gasteiger partial charge in [0, 0.05) is 29.1 Å². The van der Waals surface area contributed by atoms with Gasteiger partial charge in [-0.2, -0.15) is 0 Å². The number of nitrogens with one attached hydrogen (secondary N) is 1. The first-order valence-corrected chi connectivity index (χ1v) is 6.23. The minimum atomic E-state index is 0.761. The zero-order valence-corrected chi connectivity index (χ0v) is 11.5. The normalized spacial score (nSPS) is 12.4. The van der Waals surface area contributed by atoms with Crippen LogP contribution in [0.2, 0.25) is 0 Å². The van der Waals surface area contributed by atoms with Gasteiger partial charge in [-0.3, -0.25) is 0 Å². The van der Waals surface area contributed by atoms with Gasteiger partial charge in [-0.1, -0.05) is 43.0 Å². The average Bonchev–Trinajstić information content (AvgIpc) is 2.36. The highest BCUT2D eigenvalue weighted by Gasteiger charge is 2.08. The third kappa shape index (κ3) is 3.27. The third-order valence-electron chi connectivity index (χ3n) is 2.77. The van der Waals surface area contributed by atoms with Crippen LogP contribution in [0.4, 0.5) is 0 Å². The number of hydrogen-bond acceptors (Lipinski definition) is 2. The van der Waals surface area contributed by atoms with Crippen molar-refractivity contribution in [3.05, 3.63) is 65.4 Å². The van der Waals surface area contributed by atoms with Gasteiger partial charge >= 0.3 is 0 Å². The molecule has 2 heteroatoms. The maximum absolute atomic E-state index is 6.28. The number of allylic oxidation sites excluding steroid dienone is 2. The highest BCUT2D eigenvalue weighted by Crippen LogP contribution is 2.21. The summed E-state index contributed by atoms with van der Waals surface area (Å²) < 4.78 is 0. The van der Waals surface area contributed by atoms with Crippen molar-refractivity contribution in [2.45, 2.75) is 20.8 Å². The second-order valence-corrected chi connectivity index (χ2v) is 4.15. The van der Waals surface area contributed by atoms with Crippen molar-refractivity contribution in [2.24, 2.45) is 5.73 Å². The molecule has 2 nitrogen and oxygen atoms in total. The summed E-state index contributed by atoms with van der Waals surface area (Å²) in [5.74, 6) is 0. The molecular formula is C16H22N2. The molecule has 0 aliphatic carbocycles. The van der Waals surface area contributed by atoms with E-state index in [1.54, 1.807) is 0 Å². The van der Waals surface area contributed by atoms with Crippen molar-refractivity contribution >= 4 is 5.70 Å². The Morgan fingerprint density at radius 2 is 2.06 bits per heavy atom. The Morgan fingerprint density at radius 1 is 1.39 bits per heavy atom. The van der Waals surface area contributed by atoms with Gasteiger partial charge < -0.3 is 11.1 Å². The SMILES string of the molecule is C=C(NCC)C(/C=C\C)=C(/N)c1ccccc1C. The van der Waals surface area contributed by atoms with Crippen LogP contribution >= 0.6 is 0 Å². The number of hydrogen-bond donors (Lipinski definition) is 2. The summed E-state index contributed by atoms with van der Waals surface area (Å²) in [6.07, 6.45) is 3.97. The quantitative estimate of drug-likeness (QED) is 0.777. The Hall–Kier alpha value is -1.96. The van der Waals surface area contributed by atoms with E-state index < -0.39 is 0 Å². The molecular weight excluding hydrogens is 220 g/mol. The highest BCUT2D eigenvalue weighted by atomic mass is 14.9. The molecule has 0 atom stereocenters. The van der Waals surface area contributed by atoms with Gasteiger partial charge in [0.15, 0.2) is 0 Å². The summed E-state index contributed by atoms with van der Waals surface area (Å²) in [7, 11) is 0. The van der Waals surface area contributed by atoms with Crippen molar-refractivity contribution in [1.82, 2.24) is 5.32 Å². The molecule has 0 spiro atoms. The van der Waals surface area contributed by atoms with Crippen LogP contribution in [0.15, 0.2) is 54.3 Å². The fourth-order valence-electron chi connectivity index (χ4n) is 1.85. The number of nitrogens with two attached hydrogens (primary N) is 1. The third-order valence-corrected chi connectivity index (χ3v) is 2.77. The second kappa shape index (κ2) is 6.70. The van der Waals surface area contributed by atoms with Gasteiger partial charge in [-0.05, 0) is 26.3 Å². The molecule has 1 rings (SSSR count). The molecule has 0 heterocycles. The van der Waals surface area contributed by atoms with Gasteiger partial charge in [-0.15, -0.1) is 0 Å². The summed E-state index contributed by atoms with van der Waals surface area (Å²) >= 11 is 0. The Kier molecular flexibility index (Phi) is 5.25. The lowest BCUT2D eigenvalue weighted by atomic mass is 10.0. The van der Waals surface area contributed by atoms with Gasteiger partial charge in [0.1, 0.15) is 0 Å². The van der Waals surface area contributed by atoms with E-state index in [4.69, 9.17) is 5.73 Å². The van der Waals surface area contributed by atoms with Gasteiger partial charge in [-0.25, -0.2) is 0 Å². The number of aryl methyl sites for hydroxylation is 1. The molecule has 18 heavy (non-hydrogen) atoms. The van der Waals surface area contributed by atoms with Gasteiger partial charge in [0.25, 0.3) is 0 Å². The molecule has 3 N–H and O–H groups in total. The monoisotopic (exact) mass is 242 g/mol. The lowest BCUT2D eigenvalue weighted by Gasteiger charge is -2.14. The molecule has 0 aliphatic rings. The van der Waals surface area contributed by atoms with Crippen molar-refractivity contribution < 1.29 is 0 Å². The first-order valence-electron chi connectivity index (χ1n) is 6.23. The van der Waals surface area contributed by atoms with Gasteiger partial charge in [0.05, 0.1) is 0 Å². The van der Waals surface area contributed by atoms with Gasteiger partial charge in [0.2, 0.25) is 0 Å². The van der Waals surface area contributed by atoms with Crippen LogP contribution < -0.4 is 11.1 Å². The van der Waals surface area contributed by atoms with Crippen LogP contribution in [-0.4, -0.2) is 6.54 Å². The highest BCUT2D eigenvalue weighted by molar-refractivity contribution is 5.74. The summed E-state index contributed by atoms with van der Waals surface area (Å²) in [5, 5.41) is 3.22. The Labute approximate surface area is 110 Å². The van der Waals surface area contributed by atoms with Crippen LogP contribution in [0.25, 0.3) is 5.70 Å². The maximum atomic E-state index is 6.28. The molecule has 96 valence electrons. The smallest absolute Gasteiger partial charge is 0.0484 e. The summed E-state index contributed by atoms with van der Waals surface area (Å²) in [5.41, 5.74) is 11.1. The molecule has 0 aliphatic heterocycles. The summed E-state index contributed by atoms with van der Waals surface area (Å²) in [6.45, 7) is 11.0. The van der Waals surface area contributed by atoms with Crippen molar-refractivity contribution in [2.75, 3.05) is 6.54 Å². The van der Waals surface area contributed by atoms with E-state index in [-0.39, 0.29) is 0 Å². The Balaban J connectivity index is 3.28. The molecule has 0 saturated heterocycles. The Morgan fingerprint density at radius 3 is 2.61 bits per heavy atom. The summed E-state index contributed by atoms with van der Waals surface area (Å²) in [4.78, 5) is 0. The fourth-order valence-corrected chi connectivity index (χ4v) is 1.85. The average molecular weight is 242 g/mol. The van der Waals surface area contributed by atoms with E-state index in [0.29, 0.717) is 0 Å². The molecule has 0 bridgehead atoms. The predicted molar refractivity (Wildman–Crippen MR) is 79.9 cm³/mol. The largest absolute Gasteiger partial charge is 0.398 e. The minimum absolute atomic E-state index is 0.761. The number of likely N-dealkylation sites (N-methyl/N-ethyl adjacent to an activating group) is 1. The van der Waals surface area contributed by atoms with Crippen LogP contribution in [0.3, 0.4) is 0 Å². The first-order chi connectivity index (χ1) is 8.61. The standard InChI is InChI=1S/C16H22N2/c1-5-9-15(13(4)18-6-2)16(17)14-11-8-7-10-12(14)3/h5,7-11,18H,4,6,17H2,1-3H3/b9-5-,16-15+. The van der Waals surface area contributed by atoms with Crippen LogP contribution in [0, 0.1) is 6.92 Å². The van der Waals surface area contributed by atoms with Crippen molar-refractivity contribution in [3.8, 4) is 0 Å². The number of rotatable bonds is 5. The zero-order chi connectivity index (χ0) is 13.5. The number of benzene rings is 1. The van der Waals surface area contributed by atoms with E-state index in [2.05, 4.69) is 24.9 Å². The molecule has 0 amide bonds. The van der Waals surface area contributed by atoms with Crippen LogP contribution in [0.5, 0.6) is 0 Å². The van der Waals surface area contributed by atoms with E-state index in [1.807, 2.05) is 44.2 Å². The first kappa shape index (κ1) is 14.1. The summed E-state index contributed by atoms with van der Waals surface area (Å²) in [6, 6.07) is 8.11. The molecule has 1 aromatic carbocycles. The van der Waals surface area contributed by atoms with E-state index in [9.17, 15) is 0 Å². The van der Waals surface area contributed by atoms with Crippen molar-refractivity contribution in [1.29, 1.82) is 0 Å². The molecule has 0 radical (unpaired) electrons. The molecule has 0 aromatic heterocycles. The Bertz CT molecular complexity index is 482. The topological polar surface area (TPSA) is 38.0 Å².